The van der Waals surface area contributed by atoms with E-state index in [-0.39, 0.29) is 17.7 Å². The van der Waals surface area contributed by atoms with Crippen molar-refractivity contribution in [1.29, 1.82) is 0 Å². The van der Waals surface area contributed by atoms with Gasteiger partial charge in [0.05, 0.1) is 5.69 Å². The second-order valence-electron chi connectivity index (χ2n) is 7.21. The fourth-order valence-corrected chi connectivity index (χ4v) is 3.95. The van der Waals surface area contributed by atoms with E-state index in [4.69, 9.17) is 0 Å². The van der Waals surface area contributed by atoms with Crippen LogP contribution in [0.25, 0.3) is 0 Å². The van der Waals surface area contributed by atoms with Gasteiger partial charge in [-0.15, -0.1) is 0 Å². The van der Waals surface area contributed by atoms with Crippen LogP contribution in [0.4, 0.5) is 0 Å². The summed E-state index contributed by atoms with van der Waals surface area (Å²) in [4.78, 5) is 26.8. The van der Waals surface area contributed by atoms with Crippen molar-refractivity contribution in [3.05, 3.63) is 17.0 Å². The number of H-pyrrole nitrogens is 1. The fourth-order valence-electron chi connectivity index (χ4n) is 3.95. The van der Waals surface area contributed by atoms with E-state index in [0.717, 1.165) is 55.7 Å². The molecule has 24 heavy (non-hydrogen) atoms. The zero-order chi connectivity index (χ0) is 17.1. The SMILES string of the molecule is Cc1n[nH]c(C)c1CNC(=O)C1CCN(C(=O)C2CCCC2)CC1. The van der Waals surface area contributed by atoms with E-state index in [0.29, 0.717) is 12.5 Å². The van der Waals surface area contributed by atoms with Crippen LogP contribution < -0.4 is 5.32 Å². The first kappa shape index (κ1) is 17.0. The molecule has 2 fully saturated rings. The molecule has 6 heteroatoms. The molecule has 2 amide bonds. The summed E-state index contributed by atoms with van der Waals surface area (Å²) < 4.78 is 0. The summed E-state index contributed by atoms with van der Waals surface area (Å²) in [6.45, 7) is 5.87. The smallest absolute Gasteiger partial charge is 0.225 e. The number of aryl methyl sites for hydroxylation is 2. The lowest BCUT2D eigenvalue weighted by molar-refractivity contribution is -0.139. The van der Waals surface area contributed by atoms with Crippen LogP contribution in [0.1, 0.15) is 55.5 Å². The summed E-state index contributed by atoms with van der Waals surface area (Å²) in [7, 11) is 0. The number of nitrogens with zero attached hydrogens (tertiary/aromatic N) is 2. The molecule has 0 radical (unpaired) electrons. The minimum absolute atomic E-state index is 0.0186. The first-order valence-corrected chi connectivity index (χ1v) is 9.13. The van der Waals surface area contributed by atoms with Crippen LogP contribution in [0, 0.1) is 25.7 Å². The number of likely N-dealkylation sites (tertiary alicyclic amines) is 1. The van der Waals surface area contributed by atoms with E-state index in [9.17, 15) is 9.59 Å². The number of aromatic amines is 1. The van der Waals surface area contributed by atoms with Gasteiger partial charge in [-0.1, -0.05) is 12.8 Å². The molecule has 1 aromatic heterocycles. The molecule has 132 valence electrons. The van der Waals surface area contributed by atoms with Crippen LogP contribution in [0.15, 0.2) is 0 Å². The number of rotatable bonds is 4. The third-order valence-corrected chi connectivity index (χ3v) is 5.60. The van der Waals surface area contributed by atoms with E-state index in [2.05, 4.69) is 15.5 Å². The number of carbonyl (C=O) groups excluding carboxylic acids is 2. The van der Waals surface area contributed by atoms with Crippen molar-refractivity contribution >= 4 is 11.8 Å². The molecule has 3 rings (SSSR count). The zero-order valence-electron chi connectivity index (χ0n) is 14.7. The standard InChI is InChI=1S/C18H28N4O2/c1-12-16(13(2)21-20-12)11-19-17(23)14-7-9-22(10-8-14)18(24)15-5-3-4-6-15/h14-15H,3-11H2,1-2H3,(H,19,23)(H,20,21). The summed E-state index contributed by atoms with van der Waals surface area (Å²) >= 11 is 0. The van der Waals surface area contributed by atoms with Gasteiger partial charge in [-0.2, -0.15) is 5.10 Å². The molecule has 6 nitrogen and oxygen atoms in total. The second-order valence-corrected chi connectivity index (χ2v) is 7.21. The maximum Gasteiger partial charge on any atom is 0.225 e. The number of carbonyl (C=O) groups is 2. The van der Waals surface area contributed by atoms with Crippen LogP contribution in [-0.2, 0) is 16.1 Å². The van der Waals surface area contributed by atoms with Gasteiger partial charge in [0.25, 0.3) is 0 Å². The Morgan fingerprint density at radius 3 is 2.38 bits per heavy atom. The molecule has 0 aromatic carbocycles. The van der Waals surface area contributed by atoms with E-state index < -0.39 is 0 Å². The first-order valence-electron chi connectivity index (χ1n) is 9.13. The van der Waals surface area contributed by atoms with Crippen LogP contribution in [-0.4, -0.2) is 40.0 Å². The van der Waals surface area contributed by atoms with E-state index in [1.54, 1.807) is 0 Å². The molecular weight excluding hydrogens is 304 g/mol. The van der Waals surface area contributed by atoms with Crippen molar-refractivity contribution in [3.63, 3.8) is 0 Å². The lowest BCUT2D eigenvalue weighted by atomic mass is 9.94. The largest absolute Gasteiger partial charge is 0.352 e. The summed E-state index contributed by atoms with van der Waals surface area (Å²) in [6, 6.07) is 0. The number of amides is 2. The molecule has 2 heterocycles. The van der Waals surface area contributed by atoms with Gasteiger partial charge in [0, 0.05) is 42.7 Å². The third-order valence-electron chi connectivity index (χ3n) is 5.60. The summed E-state index contributed by atoms with van der Waals surface area (Å²) in [5.41, 5.74) is 3.01. The molecule has 1 saturated heterocycles. The Morgan fingerprint density at radius 2 is 1.79 bits per heavy atom. The lowest BCUT2D eigenvalue weighted by Gasteiger charge is -2.33. The van der Waals surface area contributed by atoms with Crippen molar-refractivity contribution in [3.8, 4) is 0 Å². The predicted molar refractivity (Wildman–Crippen MR) is 91.2 cm³/mol. The van der Waals surface area contributed by atoms with Crippen molar-refractivity contribution < 1.29 is 9.59 Å². The Bertz CT molecular complexity index is 577. The lowest BCUT2D eigenvalue weighted by Crippen LogP contribution is -2.44. The fraction of sp³-hybridized carbons (Fsp3) is 0.722. The second kappa shape index (κ2) is 7.36. The Labute approximate surface area is 143 Å². The Morgan fingerprint density at radius 1 is 1.12 bits per heavy atom. The van der Waals surface area contributed by atoms with Gasteiger partial charge in [0.2, 0.25) is 11.8 Å². The van der Waals surface area contributed by atoms with E-state index >= 15 is 0 Å². The maximum atomic E-state index is 12.4. The van der Waals surface area contributed by atoms with Crippen molar-refractivity contribution in [2.45, 2.75) is 58.9 Å². The van der Waals surface area contributed by atoms with Gasteiger partial charge in [-0.3, -0.25) is 14.7 Å². The van der Waals surface area contributed by atoms with Gasteiger partial charge in [0.1, 0.15) is 0 Å². The predicted octanol–water partition coefficient (Wildman–Crippen LogP) is 2.07. The number of hydrogen-bond donors (Lipinski definition) is 2. The number of piperidine rings is 1. The van der Waals surface area contributed by atoms with E-state index in [1.165, 1.54) is 12.8 Å². The van der Waals surface area contributed by atoms with Crippen molar-refractivity contribution in [2.75, 3.05) is 13.1 Å². The Kier molecular flexibility index (Phi) is 5.21. The minimum Gasteiger partial charge on any atom is -0.352 e. The number of aromatic nitrogens is 2. The van der Waals surface area contributed by atoms with Gasteiger partial charge in [-0.25, -0.2) is 0 Å². The molecular formula is C18H28N4O2. The molecule has 2 aliphatic rings. The van der Waals surface area contributed by atoms with Crippen LogP contribution in [0.3, 0.4) is 0 Å². The Hall–Kier alpha value is -1.85. The molecule has 1 aliphatic carbocycles. The van der Waals surface area contributed by atoms with Gasteiger partial charge >= 0.3 is 0 Å². The summed E-state index contributed by atoms with van der Waals surface area (Å²) in [5, 5.41) is 10.1. The van der Waals surface area contributed by atoms with Gasteiger partial charge in [0.15, 0.2) is 0 Å². The number of nitrogens with one attached hydrogen (secondary N) is 2. The number of hydrogen-bond acceptors (Lipinski definition) is 3. The first-order chi connectivity index (χ1) is 11.6. The topological polar surface area (TPSA) is 78.1 Å². The third kappa shape index (κ3) is 3.62. The molecule has 1 aromatic rings. The van der Waals surface area contributed by atoms with Crippen LogP contribution >= 0.6 is 0 Å². The monoisotopic (exact) mass is 332 g/mol. The zero-order valence-corrected chi connectivity index (χ0v) is 14.7. The average molecular weight is 332 g/mol. The molecule has 1 saturated carbocycles. The van der Waals surface area contributed by atoms with Crippen molar-refractivity contribution in [2.24, 2.45) is 11.8 Å². The van der Waals surface area contributed by atoms with E-state index in [1.807, 2.05) is 18.7 Å². The highest BCUT2D eigenvalue weighted by molar-refractivity contribution is 5.81. The minimum atomic E-state index is 0.0186. The molecule has 0 bridgehead atoms. The Balaban J connectivity index is 1.45. The molecule has 0 atom stereocenters. The molecule has 2 N–H and O–H groups in total. The van der Waals surface area contributed by atoms with Gasteiger partial charge < -0.3 is 10.2 Å². The van der Waals surface area contributed by atoms with Crippen LogP contribution in [0.2, 0.25) is 0 Å². The summed E-state index contributed by atoms with van der Waals surface area (Å²) in [6.07, 6.45) is 6.00. The summed E-state index contributed by atoms with van der Waals surface area (Å²) in [5.74, 6) is 0.673. The quantitative estimate of drug-likeness (QED) is 0.886. The van der Waals surface area contributed by atoms with Crippen LogP contribution in [0.5, 0.6) is 0 Å². The van der Waals surface area contributed by atoms with Gasteiger partial charge in [-0.05, 0) is 39.5 Å². The highest BCUT2D eigenvalue weighted by Gasteiger charge is 2.31. The molecule has 0 spiro atoms. The average Bonchev–Trinajstić information content (AvgIpc) is 3.23. The molecule has 0 unspecified atom stereocenters. The molecule has 1 aliphatic heterocycles. The normalized spacial score (nSPS) is 19.7. The highest BCUT2D eigenvalue weighted by Crippen LogP contribution is 2.28. The highest BCUT2D eigenvalue weighted by atomic mass is 16.2. The van der Waals surface area contributed by atoms with Crippen molar-refractivity contribution in [1.82, 2.24) is 20.4 Å². The maximum absolute atomic E-state index is 12.4.